The molecule has 2 aromatic rings. The molecule has 0 saturated heterocycles. The van der Waals surface area contributed by atoms with Crippen molar-refractivity contribution in [3.63, 3.8) is 0 Å². The third-order valence-corrected chi connectivity index (χ3v) is 5.58. The van der Waals surface area contributed by atoms with E-state index in [0.717, 1.165) is 38.9 Å². The molecule has 0 heterocycles. The highest BCUT2D eigenvalue weighted by Crippen LogP contribution is 2.42. The molecule has 0 saturated carbocycles. The average Bonchev–Trinajstić information content (AvgIpc) is 2.59. The lowest BCUT2D eigenvalue weighted by atomic mass is 9.76. The Bertz CT molecular complexity index is 983. The molecule has 0 aliphatic heterocycles. The molecular formula is C27H36O3. The first-order valence-corrected chi connectivity index (χ1v) is 10.5. The van der Waals surface area contributed by atoms with E-state index in [1.54, 1.807) is 6.08 Å². The van der Waals surface area contributed by atoms with Gasteiger partial charge in [0, 0.05) is 17.6 Å². The van der Waals surface area contributed by atoms with Crippen LogP contribution in [0, 0.1) is 13.8 Å². The molecular weight excluding hydrogens is 372 g/mol. The highest BCUT2D eigenvalue weighted by atomic mass is 16.4. The zero-order valence-electron chi connectivity index (χ0n) is 19.8. The third-order valence-electron chi connectivity index (χ3n) is 5.58. The lowest BCUT2D eigenvalue weighted by Gasteiger charge is -2.29. The number of benzene rings is 2. The number of aryl methyl sites for hydroxylation is 2. The van der Waals surface area contributed by atoms with E-state index in [9.17, 15) is 15.0 Å². The van der Waals surface area contributed by atoms with E-state index in [1.165, 1.54) is 6.08 Å². The Labute approximate surface area is 181 Å². The van der Waals surface area contributed by atoms with Crippen molar-refractivity contribution in [1.82, 2.24) is 0 Å². The molecule has 0 radical (unpaired) electrons. The number of phenolic OH excluding ortho intramolecular Hbond substituents is 1. The summed E-state index contributed by atoms with van der Waals surface area (Å²) in [6.07, 6.45) is 2.90. The van der Waals surface area contributed by atoms with Gasteiger partial charge >= 0.3 is 5.97 Å². The van der Waals surface area contributed by atoms with Gasteiger partial charge in [0.05, 0.1) is 0 Å². The summed E-state index contributed by atoms with van der Waals surface area (Å²) in [5.41, 5.74) is 6.74. The molecule has 0 bridgehead atoms. The fourth-order valence-electron chi connectivity index (χ4n) is 4.02. The Kier molecular flexibility index (Phi) is 6.56. The molecule has 0 aliphatic rings. The first-order chi connectivity index (χ1) is 13.6. The second-order valence-corrected chi connectivity index (χ2v) is 10.5. The lowest BCUT2D eigenvalue weighted by molar-refractivity contribution is -0.131. The number of carboxylic acids is 1. The van der Waals surface area contributed by atoms with Gasteiger partial charge in [0.25, 0.3) is 0 Å². The zero-order chi connectivity index (χ0) is 23.0. The molecule has 3 nitrogen and oxygen atoms in total. The van der Waals surface area contributed by atoms with Crippen molar-refractivity contribution in [2.24, 2.45) is 0 Å². The van der Waals surface area contributed by atoms with Crippen LogP contribution < -0.4 is 0 Å². The molecule has 30 heavy (non-hydrogen) atoms. The second kappa shape index (κ2) is 8.29. The highest BCUT2D eigenvalue weighted by molar-refractivity contribution is 5.86. The van der Waals surface area contributed by atoms with E-state index in [0.29, 0.717) is 5.75 Å². The normalized spacial score (nSPS) is 13.6. The van der Waals surface area contributed by atoms with E-state index in [1.807, 2.05) is 19.1 Å². The third kappa shape index (κ3) is 5.13. The number of aromatic hydroxyl groups is 1. The number of carbonyl (C=O) groups is 1. The highest BCUT2D eigenvalue weighted by Gasteiger charge is 2.27. The Morgan fingerprint density at radius 1 is 0.867 bits per heavy atom. The van der Waals surface area contributed by atoms with E-state index in [2.05, 4.69) is 67.5 Å². The van der Waals surface area contributed by atoms with Crippen LogP contribution in [0.3, 0.4) is 0 Å². The van der Waals surface area contributed by atoms with Crippen LogP contribution in [0.2, 0.25) is 0 Å². The Morgan fingerprint density at radius 3 is 1.80 bits per heavy atom. The summed E-state index contributed by atoms with van der Waals surface area (Å²) in [5.74, 6) is -0.740. The number of hydrogen-bond donors (Lipinski definition) is 2. The topological polar surface area (TPSA) is 57.5 Å². The van der Waals surface area contributed by atoms with Crippen molar-refractivity contribution in [2.75, 3.05) is 0 Å². The van der Waals surface area contributed by atoms with Crippen LogP contribution >= 0.6 is 0 Å². The van der Waals surface area contributed by atoms with E-state index in [4.69, 9.17) is 0 Å². The maximum Gasteiger partial charge on any atom is 0.328 e. The molecule has 0 amide bonds. The van der Waals surface area contributed by atoms with Crippen LogP contribution in [0.5, 0.6) is 5.75 Å². The maximum absolute atomic E-state index is 11.3. The fourth-order valence-corrected chi connectivity index (χ4v) is 4.02. The van der Waals surface area contributed by atoms with Crippen molar-refractivity contribution in [3.05, 3.63) is 69.3 Å². The van der Waals surface area contributed by atoms with Crippen molar-refractivity contribution in [1.29, 1.82) is 0 Å². The number of phenols is 1. The summed E-state index contributed by atoms with van der Waals surface area (Å²) in [5, 5.41) is 20.4. The average molecular weight is 409 g/mol. The number of aliphatic carboxylic acids is 1. The van der Waals surface area contributed by atoms with Gasteiger partial charge in [-0.05, 0) is 53.0 Å². The van der Waals surface area contributed by atoms with Gasteiger partial charge in [-0.1, -0.05) is 83.9 Å². The van der Waals surface area contributed by atoms with Gasteiger partial charge in [0.2, 0.25) is 0 Å². The number of hydrogen-bond acceptors (Lipinski definition) is 2. The van der Waals surface area contributed by atoms with Crippen LogP contribution in [0.1, 0.15) is 93.3 Å². The first kappa shape index (κ1) is 23.7. The monoisotopic (exact) mass is 408 g/mol. The second-order valence-electron chi connectivity index (χ2n) is 10.5. The minimum Gasteiger partial charge on any atom is -0.507 e. The largest absolute Gasteiger partial charge is 0.507 e. The molecule has 0 spiro atoms. The van der Waals surface area contributed by atoms with E-state index < -0.39 is 5.97 Å². The summed E-state index contributed by atoms with van der Waals surface area (Å²) in [7, 11) is 0. The van der Waals surface area contributed by atoms with Crippen molar-refractivity contribution >= 4 is 12.0 Å². The van der Waals surface area contributed by atoms with Gasteiger partial charge in [-0.3, -0.25) is 0 Å². The number of carboxylic acid groups (broad SMARTS) is 1. The molecule has 2 rings (SSSR count). The zero-order valence-corrected chi connectivity index (χ0v) is 19.8. The van der Waals surface area contributed by atoms with Crippen molar-refractivity contribution < 1.29 is 15.0 Å². The van der Waals surface area contributed by atoms with Gasteiger partial charge in [-0.25, -0.2) is 4.79 Å². The van der Waals surface area contributed by atoms with Gasteiger partial charge < -0.3 is 10.2 Å². The first-order valence-electron chi connectivity index (χ1n) is 10.5. The molecule has 0 aliphatic carbocycles. The number of rotatable bonds is 4. The van der Waals surface area contributed by atoms with E-state index in [-0.39, 0.29) is 16.7 Å². The van der Waals surface area contributed by atoms with Gasteiger partial charge in [-0.2, -0.15) is 0 Å². The van der Waals surface area contributed by atoms with Crippen LogP contribution in [-0.4, -0.2) is 16.2 Å². The summed E-state index contributed by atoms with van der Waals surface area (Å²) in [4.78, 5) is 11.3. The molecule has 0 aromatic heterocycles. The molecule has 162 valence electrons. The summed E-state index contributed by atoms with van der Waals surface area (Å²) < 4.78 is 0. The summed E-state index contributed by atoms with van der Waals surface area (Å²) in [6, 6.07) is 8.33. The van der Waals surface area contributed by atoms with Gasteiger partial charge in [-0.15, -0.1) is 0 Å². The SMILES string of the molecule is Cc1cc(C(C)c2cc(C)cc(C(C)(C)C)c2C=CC(=O)O)c(O)c(C(C)(C)C)c1. The Morgan fingerprint density at radius 2 is 1.33 bits per heavy atom. The maximum atomic E-state index is 11.3. The molecule has 1 atom stereocenters. The van der Waals surface area contributed by atoms with Gasteiger partial charge in [0.1, 0.15) is 5.75 Å². The summed E-state index contributed by atoms with van der Waals surface area (Å²) in [6.45, 7) is 18.9. The Balaban J connectivity index is 2.83. The predicted molar refractivity (Wildman–Crippen MR) is 126 cm³/mol. The molecule has 1 unspecified atom stereocenters. The summed E-state index contributed by atoms with van der Waals surface area (Å²) >= 11 is 0. The predicted octanol–water partition coefficient (Wildman–Crippen LogP) is 6.85. The van der Waals surface area contributed by atoms with Crippen LogP contribution in [0.15, 0.2) is 30.3 Å². The molecule has 2 aromatic carbocycles. The van der Waals surface area contributed by atoms with Gasteiger partial charge in [0.15, 0.2) is 0 Å². The van der Waals surface area contributed by atoms with Crippen LogP contribution in [-0.2, 0) is 15.6 Å². The standard InChI is InChI=1S/C27H36O3/c1-16-12-20(19(10-11-24(28)29)22(14-16)26(4,5)6)18(3)21-13-17(2)15-23(25(21)30)27(7,8)9/h10-15,18,30H,1-9H3,(H,28,29). The van der Waals surface area contributed by atoms with Crippen LogP contribution in [0.4, 0.5) is 0 Å². The lowest BCUT2D eigenvalue weighted by Crippen LogP contribution is -2.17. The smallest absolute Gasteiger partial charge is 0.328 e. The van der Waals surface area contributed by atoms with Crippen LogP contribution in [0.25, 0.3) is 6.08 Å². The molecule has 3 heteroatoms. The Hall–Kier alpha value is -2.55. The minimum atomic E-state index is -0.970. The minimum absolute atomic E-state index is 0.0968. The van der Waals surface area contributed by atoms with Crippen molar-refractivity contribution in [2.45, 2.75) is 79.1 Å². The van der Waals surface area contributed by atoms with E-state index >= 15 is 0 Å². The quantitative estimate of drug-likeness (QED) is 0.544. The molecule has 2 N–H and O–H groups in total. The van der Waals surface area contributed by atoms with Crippen molar-refractivity contribution in [3.8, 4) is 5.75 Å². The fraction of sp³-hybridized carbons (Fsp3) is 0.444. The molecule has 0 fully saturated rings.